The van der Waals surface area contributed by atoms with E-state index in [1.807, 2.05) is 0 Å². The zero-order valence-corrected chi connectivity index (χ0v) is 10.3. The second kappa shape index (κ2) is 2.04. The van der Waals surface area contributed by atoms with Crippen LogP contribution in [0.1, 0.15) is 26.7 Å². The minimum Gasteiger partial charge on any atom is -0.0620 e. The summed E-state index contributed by atoms with van der Waals surface area (Å²) in [6, 6.07) is 0. The smallest absolute Gasteiger partial charge is 0.0312 e. The van der Waals surface area contributed by atoms with Crippen LogP contribution in [0.15, 0.2) is 0 Å². The van der Waals surface area contributed by atoms with Crippen molar-refractivity contribution in [3.63, 3.8) is 0 Å². The molecule has 10 unspecified atom stereocenters. The molecular formula is C16H22. The van der Waals surface area contributed by atoms with E-state index in [2.05, 4.69) is 13.8 Å². The fraction of sp³-hybridized carbons (Fsp3) is 1.00. The van der Waals surface area contributed by atoms with Crippen LogP contribution in [0.2, 0.25) is 0 Å². The van der Waals surface area contributed by atoms with Gasteiger partial charge in [-0.15, -0.1) is 0 Å². The summed E-state index contributed by atoms with van der Waals surface area (Å²) in [6.07, 6.45) is 3.31. The van der Waals surface area contributed by atoms with Crippen LogP contribution in [0.4, 0.5) is 0 Å². The van der Waals surface area contributed by atoms with Crippen molar-refractivity contribution < 1.29 is 0 Å². The SMILES string of the molecule is CC1C(C)C2C1C1C3C4C5CC(C5)C4C3C21. The molecule has 7 aliphatic rings. The Kier molecular flexibility index (Phi) is 1.04. The van der Waals surface area contributed by atoms with Crippen LogP contribution < -0.4 is 0 Å². The van der Waals surface area contributed by atoms with Gasteiger partial charge in [0.1, 0.15) is 0 Å². The first-order valence-corrected chi connectivity index (χ1v) is 7.79. The van der Waals surface area contributed by atoms with Gasteiger partial charge in [0.15, 0.2) is 0 Å². The first-order chi connectivity index (χ1) is 7.79. The molecule has 86 valence electrons. The predicted molar refractivity (Wildman–Crippen MR) is 62.5 cm³/mol. The van der Waals surface area contributed by atoms with Crippen LogP contribution in [-0.4, -0.2) is 0 Å². The van der Waals surface area contributed by atoms with Crippen LogP contribution in [0.5, 0.6) is 0 Å². The Hall–Kier alpha value is 0. The van der Waals surface area contributed by atoms with Crippen LogP contribution in [0.25, 0.3) is 0 Å². The molecule has 0 aromatic heterocycles. The minimum atomic E-state index is 1.09. The average molecular weight is 214 g/mol. The molecule has 0 aromatic carbocycles. The fourth-order valence-corrected chi connectivity index (χ4v) is 8.22. The number of hydrogen-bond acceptors (Lipinski definition) is 0. The molecule has 0 N–H and O–H groups in total. The van der Waals surface area contributed by atoms with Gasteiger partial charge in [0.05, 0.1) is 0 Å². The Bertz CT molecular complexity index is 357. The summed E-state index contributed by atoms with van der Waals surface area (Å²) in [5.41, 5.74) is 0. The summed E-state index contributed by atoms with van der Waals surface area (Å²) in [7, 11) is 0. The fourth-order valence-electron chi connectivity index (χ4n) is 8.22. The van der Waals surface area contributed by atoms with Gasteiger partial charge in [-0.1, -0.05) is 13.8 Å². The number of rotatable bonds is 0. The molecule has 7 aliphatic carbocycles. The normalized spacial score (nSPS) is 84.4. The van der Waals surface area contributed by atoms with Gasteiger partial charge in [0, 0.05) is 0 Å². The molecule has 0 spiro atoms. The van der Waals surface area contributed by atoms with Crippen molar-refractivity contribution in [2.75, 3.05) is 0 Å². The third-order valence-electron chi connectivity index (χ3n) is 8.79. The van der Waals surface area contributed by atoms with Crippen LogP contribution in [0.3, 0.4) is 0 Å². The predicted octanol–water partition coefficient (Wildman–Crippen LogP) is 3.28. The Morgan fingerprint density at radius 1 is 0.500 bits per heavy atom. The highest BCUT2D eigenvalue weighted by Crippen LogP contribution is 2.87. The first kappa shape index (κ1) is 8.16. The monoisotopic (exact) mass is 214 g/mol. The number of hydrogen-bond donors (Lipinski definition) is 0. The van der Waals surface area contributed by atoms with Crippen molar-refractivity contribution in [2.45, 2.75) is 26.7 Å². The highest BCUT2D eigenvalue weighted by Gasteiger charge is 2.83. The van der Waals surface area contributed by atoms with E-state index in [0.717, 1.165) is 11.8 Å². The molecule has 0 nitrogen and oxygen atoms in total. The Morgan fingerprint density at radius 3 is 1.31 bits per heavy atom. The topological polar surface area (TPSA) is 0 Å². The van der Waals surface area contributed by atoms with Gasteiger partial charge in [-0.05, 0) is 83.9 Å². The molecule has 0 amide bonds. The summed E-state index contributed by atoms with van der Waals surface area (Å²) in [5, 5.41) is 0. The van der Waals surface area contributed by atoms with Crippen molar-refractivity contribution in [1.29, 1.82) is 0 Å². The van der Waals surface area contributed by atoms with E-state index in [4.69, 9.17) is 0 Å². The Labute approximate surface area is 98.2 Å². The molecule has 0 heteroatoms. The van der Waals surface area contributed by atoms with Gasteiger partial charge < -0.3 is 0 Å². The second-order valence-electron chi connectivity index (χ2n) is 8.33. The molecule has 2 bridgehead atoms. The maximum absolute atomic E-state index is 2.54. The lowest BCUT2D eigenvalue weighted by Crippen LogP contribution is -2.80. The van der Waals surface area contributed by atoms with Gasteiger partial charge >= 0.3 is 0 Å². The molecule has 10 atom stereocenters. The maximum atomic E-state index is 2.54. The van der Waals surface area contributed by atoms with E-state index in [9.17, 15) is 0 Å². The van der Waals surface area contributed by atoms with E-state index >= 15 is 0 Å². The van der Waals surface area contributed by atoms with E-state index in [0.29, 0.717) is 0 Å². The van der Waals surface area contributed by atoms with Gasteiger partial charge in [-0.25, -0.2) is 0 Å². The van der Waals surface area contributed by atoms with Crippen LogP contribution in [0, 0.1) is 71.0 Å². The van der Waals surface area contributed by atoms with Gasteiger partial charge in [-0.2, -0.15) is 0 Å². The summed E-state index contributed by atoms with van der Waals surface area (Å²) < 4.78 is 0. The zero-order valence-electron chi connectivity index (χ0n) is 10.3. The van der Waals surface area contributed by atoms with Crippen molar-refractivity contribution in [1.82, 2.24) is 0 Å². The third kappa shape index (κ3) is 0.512. The van der Waals surface area contributed by atoms with Crippen molar-refractivity contribution in [2.24, 2.45) is 71.0 Å². The summed E-state index contributed by atoms with van der Waals surface area (Å²) >= 11 is 0. The standard InChI is InChI=1S/C16H22/c1-5-6(2)10-9(5)13-14(10)16-12-8-3-7(4-8)11(12)15(13)16/h5-16H,3-4H2,1-2H3. The lowest BCUT2D eigenvalue weighted by atomic mass is 9.21. The molecule has 0 radical (unpaired) electrons. The van der Waals surface area contributed by atoms with Crippen molar-refractivity contribution in [3.8, 4) is 0 Å². The van der Waals surface area contributed by atoms with Crippen molar-refractivity contribution in [3.05, 3.63) is 0 Å². The third-order valence-corrected chi connectivity index (χ3v) is 8.79. The van der Waals surface area contributed by atoms with Crippen LogP contribution >= 0.6 is 0 Å². The molecule has 0 saturated heterocycles. The van der Waals surface area contributed by atoms with Gasteiger partial charge in [0.25, 0.3) is 0 Å². The molecule has 0 aliphatic heterocycles. The summed E-state index contributed by atoms with van der Waals surface area (Å²) in [6.45, 7) is 5.08. The second-order valence-corrected chi connectivity index (χ2v) is 8.33. The quantitative estimate of drug-likeness (QED) is 0.580. The Morgan fingerprint density at radius 2 is 0.875 bits per heavy atom. The van der Waals surface area contributed by atoms with E-state index in [1.165, 1.54) is 59.2 Å². The highest BCUT2D eigenvalue weighted by molar-refractivity contribution is 5.30. The highest BCUT2D eigenvalue weighted by atomic mass is 14.9. The lowest BCUT2D eigenvalue weighted by Gasteiger charge is -2.83. The average Bonchev–Trinajstić information content (AvgIpc) is 2.64. The van der Waals surface area contributed by atoms with Crippen molar-refractivity contribution >= 4 is 0 Å². The van der Waals surface area contributed by atoms with E-state index in [1.54, 1.807) is 12.8 Å². The zero-order chi connectivity index (χ0) is 10.3. The first-order valence-electron chi connectivity index (χ1n) is 7.79. The Balaban J connectivity index is 1.38. The molecule has 0 aromatic rings. The van der Waals surface area contributed by atoms with Crippen LogP contribution in [-0.2, 0) is 0 Å². The van der Waals surface area contributed by atoms with Gasteiger partial charge in [0.2, 0.25) is 0 Å². The summed E-state index contributed by atoms with van der Waals surface area (Å²) in [5.74, 6) is 14.6. The number of fused-ring (bicyclic) bond motifs is 7. The van der Waals surface area contributed by atoms with E-state index < -0.39 is 0 Å². The maximum Gasteiger partial charge on any atom is -0.0312 e. The summed E-state index contributed by atoms with van der Waals surface area (Å²) in [4.78, 5) is 0. The largest absolute Gasteiger partial charge is 0.0620 e. The van der Waals surface area contributed by atoms with Gasteiger partial charge in [-0.3, -0.25) is 0 Å². The molecule has 7 rings (SSSR count). The molecule has 7 saturated carbocycles. The molecular weight excluding hydrogens is 192 g/mol. The minimum absolute atomic E-state index is 1.09. The molecule has 16 heavy (non-hydrogen) atoms. The van der Waals surface area contributed by atoms with E-state index in [-0.39, 0.29) is 0 Å². The lowest BCUT2D eigenvalue weighted by molar-refractivity contribution is -0.366. The molecule has 7 fully saturated rings. The molecule has 0 heterocycles.